The van der Waals surface area contributed by atoms with Crippen LogP contribution in [0.25, 0.3) is 0 Å². The highest BCUT2D eigenvalue weighted by molar-refractivity contribution is 14.0. The maximum Gasteiger partial charge on any atom is 0.191 e. The van der Waals surface area contributed by atoms with Crippen molar-refractivity contribution < 1.29 is 0 Å². The molecule has 0 saturated heterocycles. The fourth-order valence-electron chi connectivity index (χ4n) is 2.79. The fourth-order valence-corrected chi connectivity index (χ4v) is 3.50. The van der Waals surface area contributed by atoms with Crippen LogP contribution in [0.15, 0.2) is 22.5 Å². The number of thiophene rings is 1. The summed E-state index contributed by atoms with van der Waals surface area (Å²) in [5, 5.41) is 17.5. The van der Waals surface area contributed by atoms with Crippen molar-refractivity contribution in [1.82, 2.24) is 25.4 Å². The number of nitrogens with zero attached hydrogens (tertiary/aromatic N) is 4. The third-order valence-electron chi connectivity index (χ3n) is 4.61. The second-order valence-corrected chi connectivity index (χ2v) is 8.55. The molecule has 8 heteroatoms. The maximum atomic E-state index is 4.74. The molecule has 0 radical (unpaired) electrons. The Morgan fingerprint density at radius 1 is 1.25 bits per heavy atom. The molecule has 2 aromatic rings. The lowest BCUT2D eigenvalue weighted by Crippen LogP contribution is -2.43. The van der Waals surface area contributed by atoms with E-state index in [-0.39, 0.29) is 24.0 Å². The Morgan fingerprint density at radius 3 is 2.64 bits per heavy atom. The van der Waals surface area contributed by atoms with Crippen LogP contribution in [0.4, 0.5) is 0 Å². The van der Waals surface area contributed by atoms with Crippen LogP contribution in [0.5, 0.6) is 0 Å². The summed E-state index contributed by atoms with van der Waals surface area (Å²) < 4.78 is 1.98. The molecule has 158 valence electrons. The molecule has 0 aliphatic rings. The zero-order valence-corrected chi connectivity index (χ0v) is 20.9. The van der Waals surface area contributed by atoms with Crippen LogP contribution in [-0.2, 0) is 20.0 Å². The van der Waals surface area contributed by atoms with Gasteiger partial charge in [0.25, 0.3) is 0 Å². The van der Waals surface area contributed by atoms with E-state index in [0.29, 0.717) is 12.6 Å². The van der Waals surface area contributed by atoms with Crippen LogP contribution in [0.3, 0.4) is 0 Å². The van der Waals surface area contributed by atoms with Crippen LogP contribution < -0.4 is 10.6 Å². The molecular weight excluding hydrogens is 483 g/mol. The minimum Gasteiger partial charge on any atom is -0.356 e. The topological polar surface area (TPSA) is 67.1 Å². The Hall–Kier alpha value is -1.16. The molecule has 2 heterocycles. The number of halogens is 1. The fraction of sp³-hybridized carbons (Fsp3) is 0.650. The van der Waals surface area contributed by atoms with Gasteiger partial charge in [-0.2, -0.15) is 0 Å². The van der Waals surface area contributed by atoms with Crippen LogP contribution in [0.1, 0.15) is 56.6 Å². The van der Waals surface area contributed by atoms with Crippen LogP contribution >= 0.6 is 35.3 Å². The Bertz CT molecular complexity index is 696. The Balaban J connectivity index is 0.00000392. The molecule has 0 aliphatic carbocycles. The summed E-state index contributed by atoms with van der Waals surface area (Å²) in [6, 6.07) is 4.66. The number of hydrogen-bond donors (Lipinski definition) is 2. The van der Waals surface area contributed by atoms with E-state index in [1.807, 2.05) is 18.5 Å². The smallest absolute Gasteiger partial charge is 0.191 e. The van der Waals surface area contributed by atoms with E-state index in [4.69, 9.17) is 4.99 Å². The van der Waals surface area contributed by atoms with Crippen molar-refractivity contribution in [3.63, 3.8) is 0 Å². The highest BCUT2D eigenvalue weighted by Gasteiger charge is 2.09. The number of aliphatic imine (C=N–C) groups is 1. The van der Waals surface area contributed by atoms with Gasteiger partial charge < -0.3 is 15.2 Å². The SMILES string of the molecule is Cc1nnc(CN=C(NCCc2cccs2)NC(C)CCCC(C)C)n1C.I. The van der Waals surface area contributed by atoms with E-state index in [1.54, 1.807) is 11.3 Å². The quantitative estimate of drug-likeness (QED) is 0.280. The van der Waals surface area contributed by atoms with Crippen molar-refractivity contribution in [2.24, 2.45) is 18.0 Å². The lowest BCUT2D eigenvalue weighted by atomic mass is 10.0. The number of aryl methyl sites for hydroxylation is 1. The number of aromatic nitrogens is 3. The van der Waals surface area contributed by atoms with E-state index in [1.165, 1.54) is 17.7 Å². The normalized spacial score (nSPS) is 12.7. The zero-order chi connectivity index (χ0) is 19.6. The summed E-state index contributed by atoms with van der Waals surface area (Å²) in [4.78, 5) is 6.13. The molecule has 0 fully saturated rings. The first-order chi connectivity index (χ1) is 13.0. The summed E-state index contributed by atoms with van der Waals surface area (Å²) in [6.45, 7) is 10.1. The van der Waals surface area contributed by atoms with Crippen molar-refractivity contribution in [3.05, 3.63) is 34.0 Å². The van der Waals surface area contributed by atoms with Gasteiger partial charge in [-0.05, 0) is 44.1 Å². The third kappa shape index (κ3) is 8.89. The summed E-state index contributed by atoms with van der Waals surface area (Å²) in [6.07, 6.45) is 4.65. The first-order valence-corrected chi connectivity index (χ1v) is 10.8. The molecular formula is C20H35IN6S. The Morgan fingerprint density at radius 2 is 2.04 bits per heavy atom. The monoisotopic (exact) mass is 518 g/mol. The third-order valence-corrected chi connectivity index (χ3v) is 5.54. The Kier molecular flexibility index (Phi) is 11.7. The largest absolute Gasteiger partial charge is 0.356 e. The summed E-state index contributed by atoms with van der Waals surface area (Å²) >= 11 is 1.80. The van der Waals surface area contributed by atoms with Crippen LogP contribution in [0, 0.1) is 12.8 Å². The van der Waals surface area contributed by atoms with Crippen molar-refractivity contribution >= 4 is 41.3 Å². The number of rotatable bonds is 10. The van der Waals surface area contributed by atoms with Gasteiger partial charge in [0.1, 0.15) is 12.4 Å². The predicted molar refractivity (Wildman–Crippen MR) is 130 cm³/mol. The highest BCUT2D eigenvalue weighted by Crippen LogP contribution is 2.09. The van der Waals surface area contributed by atoms with Gasteiger partial charge >= 0.3 is 0 Å². The van der Waals surface area contributed by atoms with Gasteiger partial charge in [0.15, 0.2) is 11.8 Å². The van der Waals surface area contributed by atoms with Gasteiger partial charge in [0.05, 0.1) is 0 Å². The lowest BCUT2D eigenvalue weighted by Gasteiger charge is -2.18. The second-order valence-electron chi connectivity index (χ2n) is 7.51. The van der Waals surface area contributed by atoms with Crippen LogP contribution in [0.2, 0.25) is 0 Å². The van der Waals surface area contributed by atoms with E-state index in [0.717, 1.165) is 42.9 Å². The number of hydrogen-bond acceptors (Lipinski definition) is 4. The molecule has 1 atom stereocenters. The average molecular weight is 519 g/mol. The van der Waals surface area contributed by atoms with Crippen molar-refractivity contribution in [2.45, 2.75) is 66.0 Å². The van der Waals surface area contributed by atoms with Gasteiger partial charge in [-0.1, -0.05) is 32.8 Å². The number of nitrogens with one attached hydrogen (secondary N) is 2. The molecule has 28 heavy (non-hydrogen) atoms. The van der Waals surface area contributed by atoms with E-state index >= 15 is 0 Å². The van der Waals surface area contributed by atoms with Crippen molar-refractivity contribution in [3.8, 4) is 0 Å². The minimum atomic E-state index is 0. The maximum absolute atomic E-state index is 4.74. The second kappa shape index (κ2) is 13.1. The molecule has 0 aliphatic heterocycles. The first kappa shape index (κ1) is 24.9. The molecule has 1 unspecified atom stereocenters. The summed E-state index contributed by atoms with van der Waals surface area (Å²) in [5.41, 5.74) is 0. The highest BCUT2D eigenvalue weighted by atomic mass is 127. The molecule has 0 amide bonds. The molecule has 2 N–H and O–H groups in total. The van der Waals surface area contributed by atoms with Crippen molar-refractivity contribution in [1.29, 1.82) is 0 Å². The molecule has 2 aromatic heterocycles. The molecule has 0 aromatic carbocycles. The Labute approximate surface area is 190 Å². The molecule has 0 bridgehead atoms. The molecule has 0 saturated carbocycles. The first-order valence-electron chi connectivity index (χ1n) is 9.87. The molecule has 2 rings (SSSR count). The minimum absolute atomic E-state index is 0. The van der Waals surface area contributed by atoms with Gasteiger partial charge in [0, 0.05) is 24.5 Å². The standard InChI is InChI=1S/C20H34N6S.HI/c1-15(2)8-6-9-16(3)23-20(21-12-11-18-10-7-13-27-18)22-14-19-25-24-17(4)26(19)5;/h7,10,13,15-16H,6,8-9,11-12,14H2,1-5H3,(H2,21,22,23);1H. The lowest BCUT2D eigenvalue weighted by molar-refractivity contribution is 0.491. The van der Waals surface area contributed by atoms with Crippen LogP contribution in [-0.4, -0.2) is 33.3 Å². The molecule has 0 spiro atoms. The summed E-state index contributed by atoms with van der Waals surface area (Å²) in [7, 11) is 1.98. The molecule has 6 nitrogen and oxygen atoms in total. The van der Waals surface area contributed by atoms with E-state index < -0.39 is 0 Å². The van der Waals surface area contributed by atoms with E-state index in [9.17, 15) is 0 Å². The predicted octanol–water partition coefficient (Wildman–Crippen LogP) is 4.30. The number of guanidine groups is 1. The average Bonchev–Trinajstić information content (AvgIpc) is 3.24. The van der Waals surface area contributed by atoms with Gasteiger partial charge in [0.2, 0.25) is 0 Å². The van der Waals surface area contributed by atoms with Gasteiger partial charge in [-0.15, -0.1) is 45.5 Å². The van der Waals surface area contributed by atoms with E-state index in [2.05, 4.69) is 59.1 Å². The van der Waals surface area contributed by atoms with Gasteiger partial charge in [-0.3, -0.25) is 0 Å². The summed E-state index contributed by atoms with van der Waals surface area (Å²) in [5.74, 6) is 3.39. The zero-order valence-electron chi connectivity index (χ0n) is 17.7. The van der Waals surface area contributed by atoms with Gasteiger partial charge in [-0.25, -0.2) is 4.99 Å². The van der Waals surface area contributed by atoms with Crippen molar-refractivity contribution in [2.75, 3.05) is 6.54 Å².